The lowest BCUT2D eigenvalue weighted by Crippen LogP contribution is -2.46. The van der Waals surface area contributed by atoms with E-state index < -0.39 is 0 Å². The molecule has 1 fully saturated rings. The maximum absolute atomic E-state index is 14.2. The summed E-state index contributed by atoms with van der Waals surface area (Å²) >= 11 is 12.5. The third-order valence-electron chi connectivity index (χ3n) is 5.69. The van der Waals surface area contributed by atoms with Crippen LogP contribution in [0.5, 0.6) is 5.88 Å². The molecule has 0 atom stereocenters. The number of ether oxygens (including phenoxy) is 1. The van der Waals surface area contributed by atoms with E-state index in [1.54, 1.807) is 6.07 Å². The Balaban J connectivity index is 1.17. The third kappa shape index (κ3) is 5.10. The van der Waals surface area contributed by atoms with Crippen molar-refractivity contribution in [1.82, 2.24) is 9.88 Å². The van der Waals surface area contributed by atoms with E-state index in [0.717, 1.165) is 82.0 Å². The van der Waals surface area contributed by atoms with E-state index in [-0.39, 0.29) is 11.7 Å². The van der Waals surface area contributed by atoms with Gasteiger partial charge in [-0.15, -0.1) is 0 Å². The standard InChI is InChI=1S/C22H27Cl2FN4O/c23-17-6-3-7-19(20(17)24)29-12-10-28(11-13-29)9-1-2-14-30-22-18(25)15-16-5-4-8-26-21(16)27-22/h3,6-7,15H,1-2,4-5,8-14H2,(H,26,27). The molecule has 1 N–H and O–H groups in total. The van der Waals surface area contributed by atoms with Crippen LogP contribution >= 0.6 is 23.2 Å². The van der Waals surface area contributed by atoms with Crippen LogP contribution in [-0.2, 0) is 6.42 Å². The number of fused-ring (bicyclic) bond motifs is 1. The number of piperazine rings is 1. The quantitative estimate of drug-likeness (QED) is 0.606. The van der Waals surface area contributed by atoms with Crippen LogP contribution in [0.1, 0.15) is 24.8 Å². The molecule has 0 unspecified atom stereocenters. The van der Waals surface area contributed by atoms with Crippen LogP contribution in [-0.4, -0.2) is 55.8 Å². The van der Waals surface area contributed by atoms with Crippen LogP contribution in [0, 0.1) is 5.82 Å². The Hall–Kier alpha value is -1.76. The minimum Gasteiger partial charge on any atom is -0.476 e. The molecule has 30 heavy (non-hydrogen) atoms. The number of unbranched alkanes of at least 4 members (excludes halogenated alkanes) is 1. The summed E-state index contributed by atoms with van der Waals surface area (Å²) in [6.45, 7) is 6.17. The first-order valence-electron chi connectivity index (χ1n) is 10.6. The van der Waals surface area contributed by atoms with E-state index in [1.807, 2.05) is 18.2 Å². The molecule has 1 saturated heterocycles. The summed E-state index contributed by atoms with van der Waals surface area (Å²) in [6.07, 6.45) is 3.74. The minimum absolute atomic E-state index is 0.107. The van der Waals surface area contributed by atoms with E-state index in [9.17, 15) is 4.39 Å². The summed E-state index contributed by atoms with van der Waals surface area (Å²) in [5.74, 6) is 0.499. The molecule has 5 nitrogen and oxygen atoms in total. The largest absolute Gasteiger partial charge is 0.476 e. The van der Waals surface area contributed by atoms with Gasteiger partial charge >= 0.3 is 0 Å². The molecular weight excluding hydrogens is 426 g/mol. The molecule has 0 saturated carbocycles. The lowest BCUT2D eigenvalue weighted by molar-refractivity contribution is 0.233. The lowest BCUT2D eigenvalue weighted by atomic mass is 10.1. The summed E-state index contributed by atoms with van der Waals surface area (Å²) in [7, 11) is 0. The molecule has 3 heterocycles. The van der Waals surface area contributed by atoms with Gasteiger partial charge in [-0.3, -0.25) is 4.90 Å². The average molecular weight is 453 g/mol. The van der Waals surface area contributed by atoms with Crippen LogP contribution in [0.2, 0.25) is 10.0 Å². The van der Waals surface area contributed by atoms with Gasteiger partial charge in [-0.1, -0.05) is 29.3 Å². The number of rotatable bonds is 7. The second-order valence-corrected chi connectivity index (χ2v) is 8.56. The Bertz CT molecular complexity index is 874. The highest BCUT2D eigenvalue weighted by Gasteiger charge is 2.20. The summed E-state index contributed by atoms with van der Waals surface area (Å²) in [6, 6.07) is 7.32. The van der Waals surface area contributed by atoms with Gasteiger partial charge in [0.05, 0.1) is 22.3 Å². The van der Waals surface area contributed by atoms with Crippen LogP contribution in [0.4, 0.5) is 15.9 Å². The molecule has 1 aromatic carbocycles. The number of nitrogens with one attached hydrogen (secondary N) is 1. The maximum Gasteiger partial charge on any atom is 0.252 e. The number of hydrogen-bond acceptors (Lipinski definition) is 5. The first-order valence-corrected chi connectivity index (χ1v) is 11.3. The maximum atomic E-state index is 14.2. The molecule has 0 aliphatic carbocycles. The monoisotopic (exact) mass is 452 g/mol. The highest BCUT2D eigenvalue weighted by molar-refractivity contribution is 6.43. The van der Waals surface area contributed by atoms with Crippen molar-refractivity contribution in [3.05, 3.63) is 45.7 Å². The van der Waals surface area contributed by atoms with Crippen LogP contribution < -0.4 is 15.0 Å². The van der Waals surface area contributed by atoms with Crippen molar-refractivity contribution in [2.75, 3.05) is 56.1 Å². The Morgan fingerprint density at radius 3 is 2.80 bits per heavy atom. The zero-order chi connectivity index (χ0) is 20.9. The van der Waals surface area contributed by atoms with Gasteiger partial charge < -0.3 is 15.0 Å². The predicted octanol–water partition coefficient (Wildman–Crippen LogP) is 4.87. The molecule has 162 valence electrons. The minimum atomic E-state index is -0.367. The fourth-order valence-corrected chi connectivity index (χ4v) is 4.41. The van der Waals surface area contributed by atoms with Gasteiger partial charge in [0.2, 0.25) is 0 Å². The third-order valence-corrected chi connectivity index (χ3v) is 6.50. The number of hydrogen-bond donors (Lipinski definition) is 1. The highest BCUT2D eigenvalue weighted by atomic mass is 35.5. The molecule has 0 amide bonds. The van der Waals surface area contributed by atoms with Crippen LogP contribution in [0.25, 0.3) is 0 Å². The van der Waals surface area contributed by atoms with Gasteiger partial charge in [-0.05, 0) is 56.0 Å². The lowest BCUT2D eigenvalue weighted by Gasteiger charge is -2.36. The van der Waals surface area contributed by atoms with Gasteiger partial charge in [0, 0.05) is 32.7 Å². The molecule has 2 aliphatic heterocycles. The molecule has 8 heteroatoms. The fraction of sp³-hybridized carbons (Fsp3) is 0.500. The van der Waals surface area contributed by atoms with Gasteiger partial charge in [0.1, 0.15) is 5.82 Å². The predicted molar refractivity (Wildman–Crippen MR) is 121 cm³/mol. The normalized spacial score (nSPS) is 16.8. The number of aromatic nitrogens is 1. The van der Waals surface area contributed by atoms with Crippen molar-refractivity contribution in [2.45, 2.75) is 25.7 Å². The van der Waals surface area contributed by atoms with Crippen molar-refractivity contribution >= 4 is 34.7 Å². The second kappa shape index (κ2) is 10.0. The Kier molecular flexibility index (Phi) is 7.18. The van der Waals surface area contributed by atoms with Gasteiger partial charge in [-0.2, -0.15) is 4.98 Å². The molecule has 0 bridgehead atoms. The first kappa shape index (κ1) is 21.5. The first-order chi connectivity index (χ1) is 14.6. The SMILES string of the molecule is Fc1cc2c(nc1OCCCCN1CCN(c3cccc(Cl)c3Cl)CC1)NCCC2. The molecule has 2 aliphatic rings. The van der Waals surface area contributed by atoms with E-state index in [0.29, 0.717) is 16.7 Å². The molecule has 0 radical (unpaired) electrons. The van der Waals surface area contributed by atoms with E-state index >= 15 is 0 Å². The van der Waals surface area contributed by atoms with Crippen molar-refractivity contribution in [3.63, 3.8) is 0 Å². The topological polar surface area (TPSA) is 40.6 Å². The summed E-state index contributed by atoms with van der Waals surface area (Å²) in [5, 5.41) is 4.44. The Morgan fingerprint density at radius 1 is 1.13 bits per heavy atom. The van der Waals surface area contributed by atoms with Crippen molar-refractivity contribution in [1.29, 1.82) is 0 Å². The van der Waals surface area contributed by atoms with Crippen molar-refractivity contribution in [2.24, 2.45) is 0 Å². The number of aryl methyl sites for hydroxylation is 1. The number of halogens is 3. The number of anilines is 2. The smallest absolute Gasteiger partial charge is 0.252 e. The van der Waals surface area contributed by atoms with E-state index in [2.05, 4.69) is 20.1 Å². The summed E-state index contributed by atoms with van der Waals surface area (Å²) in [5.41, 5.74) is 1.94. The summed E-state index contributed by atoms with van der Waals surface area (Å²) in [4.78, 5) is 9.03. The highest BCUT2D eigenvalue weighted by Crippen LogP contribution is 2.33. The molecular formula is C22H27Cl2FN4O. The number of pyridine rings is 1. The summed E-state index contributed by atoms with van der Waals surface area (Å²) < 4.78 is 19.8. The Morgan fingerprint density at radius 2 is 1.97 bits per heavy atom. The van der Waals surface area contributed by atoms with Crippen LogP contribution in [0.15, 0.2) is 24.3 Å². The number of benzene rings is 1. The fourth-order valence-electron chi connectivity index (χ4n) is 4.00. The zero-order valence-electron chi connectivity index (χ0n) is 17.0. The van der Waals surface area contributed by atoms with Crippen molar-refractivity contribution < 1.29 is 9.13 Å². The average Bonchev–Trinajstić information content (AvgIpc) is 2.76. The molecule has 1 aromatic heterocycles. The molecule has 0 spiro atoms. The molecule has 4 rings (SSSR count). The number of nitrogens with zero attached hydrogens (tertiary/aromatic N) is 3. The van der Waals surface area contributed by atoms with Crippen molar-refractivity contribution in [3.8, 4) is 5.88 Å². The van der Waals surface area contributed by atoms with E-state index in [4.69, 9.17) is 27.9 Å². The Labute approximate surface area is 187 Å². The second-order valence-electron chi connectivity index (χ2n) is 7.77. The zero-order valence-corrected chi connectivity index (χ0v) is 18.5. The molecule has 2 aromatic rings. The van der Waals surface area contributed by atoms with Gasteiger partial charge in [0.15, 0.2) is 5.82 Å². The van der Waals surface area contributed by atoms with Gasteiger partial charge in [0.25, 0.3) is 5.88 Å². The van der Waals surface area contributed by atoms with E-state index in [1.165, 1.54) is 0 Å². The van der Waals surface area contributed by atoms with Crippen LogP contribution in [0.3, 0.4) is 0 Å². The van der Waals surface area contributed by atoms with Gasteiger partial charge in [-0.25, -0.2) is 4.39 Å².